The number of fused-ring (bicyclic) bond motifs is 1. The molecule has 0 spiro atoms. The molecule has 0 saturated heterocycles. The van der Waals surface area contributed by atoms with Crippen molar-refractivity contribution < 1.29 is 14.3 Å². The molecule has 1 aliphatic rings. The molecule has 1 aliphatic heterocycles. The third kappa shape index (κ3) is 2.90. The number of amides is 1. The van der Waals surface area contributed by atoms with Crippen LogP contribution in [-0.4, -0.2) is 26.2 Å². The fourth-order valence-electron chi connectivity index (χ4n) is 1.98. The highest BCUT2D eigenvalue weighted by Crippen LogP contribution is 2.30. The van der Waals surface area contributed by atoms with Crippen LogP contribution >= 0.6 is 0 Å². The van der Waals surface area contributed by atoms with Crippen molar-refractivity contribution in [2.24, 2.45) is 5.92 Å². The van der Waals surface area contributed by atoms with E-state index in [0.29, 0.717) is 19.1 Å². The average molecular weight is 235 g/mol. The molecule has 1 amide bonds. The molecule has 0 bridgehead atoms. The molecule has 1 atom stereocenters. The van der Waals surface area contributed by atoms with Crippen molar-refractivity contribution in [3.63, 3.8) is 0 Å². The smallest absolute Gasteiger partial charge is 0.216 e. The van der Waals surface area contributed by atoms with Crippen LogP contribution < -0.4 is 14.8 Å². The maximum atomic E-state index is 10.9. The molecular formula is C13H17NO3. The highest BCUT2D eigenvalue weighted by atomic mass is 16.5. The van der Waals surface area contributed by atoms with E-state index in [9.17, 15) is 4.79 Å². The van der Waals surface area contributed by atoms with Crippen LogP contribution in [0.1, 0.15) is 12.5 Å². The molecule has 0 aromatic heterocycles. The summed E-state index contributed by atoms with van der Waals surface area (Å²) in [6.45, 7) is 2.84. The van der Waals surface area contributed by atoms with E-state index in [2.05, 4.69) is 5.32 Å². The minimum Gasteiger partial charge on any atom is -0.497 e. The Morgan fingerprint density at radius 1 is 1.59 bits per heavy atom. The van der Waals surface area contributed by atoms with Gasteiger partial charge >= 0.3 is 0 Å². The second kappa shape index (κ2) is 5.08. The van der Waals surface area contributed by atoms with Crippen LogP contribution in [-0.2, 0) is 11.2 Å². The Bertz CT molecular complexity index is 417. The summed E-state index contributed by atoms with van der Waals surface area (Å²) in [5.41, 5.74) is 1.14. The standard InChI is InChI=1S/C13H17NO3/c1-9(15)14-7-10-5-11-6-12(16-2)3-4-13(11)17-8-10/h3-4,6,10H,5,7-8H2,1-2H3,(H,14,15)/t10-/m0/s1. The molecule has 1 aromatic carbocycles. The molecule has 0 fully saturated rings. The minimum absolute atomic E-state index is 0.00133. The van der Waals surface area contributed by atoms with E-state index in [1.165, 1.54) is 6.92 Å². The first-order valence-electron chi connectivity index (χ1n) is 5.73. The second-order valence-electron chi connectivity index (χ2n) is 4.29. The zero-order valence-electron chi connectivity index (χ0n) is 10.2. The summed E-state index contributed by atoms with van der Waals surface area (Å²) >= 11 is 0. The first-order chi connectivity index (χ1) is 8.19. The maximum absolute atomic E-state index is 10.9. The lowest BCUT2D eigenvalue weighted by Gasteiger charge is -2.25. The maximum Gasteiger partial charge on any atom is 0.216 e. The summed E-state index contributed by atoms with van der Waals surface area (Å²) in [7, 11) is 1.65. The van der Waals surface area contributed by atoms with Crippen LogP contribution in [0.2, 0.25) is 0 Å². The van der Waals surface area contributed by atoms with Gasteiger partial charge in [0.05, 0.1) is 13.7 Å². The number of hydrogen-bond acceptors (Lipinski definition) is 3. The predicted molar refractivity (Wildman–Crippen MR) is 64.4 cm³/mol. The van der Waals surface area contributed by atoms with Crippen LogP contribution in [0.3, 0.4) is 0 Å². The Kier molecular flexibility index (Phi) is 3.52. The van der Waals surface area contributed by atoms with Gasteiger partial charge in [0.15, 0.2) is 0 Å². The molecule has 0 radical (unpaired) electrons. The van der Waals surface area contributed by atoms with Crippen molar-refractivity contribution in [1.29, 1.82) is 0 Å². The molecule has 1 N–H and O–H groups in total. The van der Waals surface area contributed by atoms with Gasteiger partial charge in [0.2, 0.25) is 5.91 Å². The van der Waals surface area contributed by atoms with Crippen LogP contribution in [0.15, 0.2) is 18.2 Å². The lowest BCUT2D eigenvalue weighted by atomic mass is 9.96. The Balaban J connectivity index is 2.03. The minimum atomic E-state index is 0.00133. The normalized spacial score (nSPS) is 17.9. The monoisotopic (exact) mass is 235 g/mol. The molecule has 92 valence electrons. The summed E-state index contributed by atoms with van der Waals surface area (Å²) < 4.78 is 10.8. The molecule has 0 saturated carbocycles. The summed E-state index contributed by atoms with van der Waals surface area (Å²) in [6, 6.07) is 5.82. The number of nitrogens with one attached hydrogen (secondary N) is 1. The van der Waals surface area contributed by atoms with Gasteiger partial charge in [0, 0.05) is 19.4 Å². The van der Waals surface area contributed by atoms with Gasteiger partial charge in [0.25, 0.3) is 0 Å². The Labute approximate surface area is 101 Å². The van der Waals surface area contributed by atoms with E-state index >= 15 is 0 Å². The van der Waals surface area contributed by atoms with Crippen molar-refractivity contribution in [2.75, 3.05) is 20.3 Å². The molecule has 0 aliphatic carbocycles. The lowest BCUT2D eigenvalue weighted by Crippen LogP contribution is -2.33. The number of methoxy groups -OCH3 is 1. The number of carbonyl (C=O) groups excluding carboxylic acids is 1. The molecule has 0 unspecified atom stereocenters. The quantitative estimate of drug-likeness (QED) is 0.861. The zero-order chi connectivity index (χ0) is 12.3. The fraction of sp³-hybridized carbons (Fsp3) is 0.462. The van der Waals surface area contributed by atoms with Crippen LogP contribution in [0, 0.1) is 5.92 Å². The van der Waals surface area contributed by atoms with Gasteiger partial charge in [-0.25, -0.2) is 0 Å². The average Bonchev–Trinajstić information content (AvgIpc) is 2.35. The topological polar surface area (TPSA) is 47.6 Å². The first-order valence-corrected chi connectivity index (χ1v) is 5.73. The third-order valence-corrected chi connectivity index (χ3v) is 2.89. The Morgan fingerprint density at radius 2 is 2.41 bits per heavy atom. The number of carbonyl (C=O) groups is 1. The van der Waals surface area contributed by atoms with Gasteiger partial charge in [0.1, 0.15) is 11.5 Å². The lowest BCUT2D eigenvalue weighted by molar-refractivity contribution is -0.119. The fourth-order valence-corrected chi connectivity index (χ4v) is 1.98. The van der Waals surface area contributed by atoms with E-state index in [1.54, 1.807) is 7.11 Å². The summed E-state index contributed by atoms with van der Waals surface area (Å²) in [4.78, 5) is 10.9. The van der Waals surface area contributed by atoms with Crippen molar-refractivity contribution in [3.8, 4) is 11.5 Å². The molecule has 2 rings (SSSR count). The second-order valence-corrected chi connectivity index (χ2v) is 4.29. The number of ether oxygens (including phenoxy) is 2. The van der Waals surface area contributed by atoms with Crippen molar-refractivity contribution in [1.82, 2.24) is 5.32 Å². The van der Waals surface area contributed by atoms with Gasteiger partial charge in [-0.1, -0.05) is 0 Å². The van der Waals surface area contributed by atoms with Crippen molar-refractivity contribution in [2.45, 2.75) is 13.3 Å². The van der Waals surface area contributed by atoms with E-state index in [1.807, 2.05) is 18.2 Å². The van der Waals surface area contributed by atoms with E-state index in [0.717, 1.165) is 23.5 Å². The third-order valence-electron chi connectivity index (χ3n) is 2.89. The molecule has 17 heavy (non-hydrogen) atoms. The zero-order valence-corrected chi connectivity index (χ0v) is 10.2. The van der Waals surface area contributed by atoms with Gasteiger partial charge in [-0.2, -0.15) is 0 Å². The summed E-state index contributed by atoms with van der Waals surface area (Å²) in [5, 5.41) is 2.82. The van der Waals surface area contributed by atoms with Gasteiger partial charge in [-0.3, -0.25) is 4.79 Å². The van der Waals surface area contributed by atoms with E-state index in [4.69, 9.17) is 9.47 Å². The number of rotatable bonds is 3. The molecule has 1 heterocycles. The highest BCUT2D eigenvalue weighted by molar-refractivity contribution is 5.72. The molecular weight excluding hydrogens is 218 g/mol. The summed E-state index contributed by atoms with van der Waals surface area (Å²) in [6.07, 6.45) is 0.910. The largest absolute Gasteiger partial charge is 0.497 e. The van der Waals surface area contributed by atoms with Crippen LogP contribution in [0.5, 0.6) is 11.5 Å². The predicted octanol–water partition coefficient (Wildman–Crippen LogP) is 1.38. The van der Waals surface area contributed by atoms with Gasteiger partial charge in [-0.05, 0) is 30.2 Å². The Hall–Kier alpha value is -1.71. The number of benzene rings is 1. The summed E-state index contributed by atoms with van der Waals surface area (Å²) in [5.74, 6) is 2.09. The van der Waals surface area contributed by atoms with Crippen LogP contribution in [0.25, 0.3) is 0 Å². The SMILES string of the molecule is COc1ccc2c(c1)C[C@@H](CNC(C)=O)CO2. The molecule has 1 aromatic rings. The van der Waals surface area contributed by atoms with Gasteiger partial charge in [-0.15, -0.1) is 0 Å². The highest BCUT2D eigenvalue weighted by Gasteiger charge is 2.20. The Morgan fingerprint density at radius 3 is 3.12 bits per heavy atom. The van der Waals surface area contributed by atoms with Crippen molar-refractivity contribution >= 4 is 5.91 Å². The molecule has 4 heteroatoms. The van der Waals surface area contributed by atoms with E-state index < -0.39 is 0 Å². The van der Waals surface area contributed by atoms with Crippen LogP contribution in [0.4, 0.5) is 0 Å². The van der Waals surface area contributed by atoms with E-state index in [-0.39, 0.29) is 5.91 Å². The molecule has 4 nitrogen and oxygen atoms in total. The van der Waals surface area contributed by atoms with Crippen molar-refractivity contribution in [3.05, 3.63) is 23.8 Å². The first kappa shape index (κ1) is 11.8. The number of hydrogen-bond donors (Lipinski definition) is 1. The van der Waals surface area contributed by atoms with Gasteiger partial charge < -0.3 is 14.8 Å².